The number of ether oxygens (including phenoxy) is 1. The Morgan fingerprint density at radius 3 is 2.89 bits per heavy atom. The number of nitrogens with one attached hydrogen (secondary N) is 1. The third kappa shape index (κ3) is 7.09. The zero-order chi connectivity index (χ0) is 19.6. The van der Waals surface area contributed by atoms with Gasteiger partial charge in [-0.3, -0.25) is 9.79 Å². The molecule has 0 saturated carbocycles. The van der Waals surface area contributed by atoms with Gasteiger partial charge in [0.25, 0.3) is 0 Å². The van der Waals surface area contributed by atoms with Crippen LogP contribution in [0, 0.1) is 5.92 Å². The number of aliphatic imine (C=N–C) groups is 1. The first-order chi connectivity index (χ1) is 13.0. The molecule has 2 rings (SSSR count). The van der Waals surface area contributed by atoms with Gasteiger partial charge in [-0.1, -0.05) is 18.2 Å². The number of nitrogens with two attached hydrogens (primary N) is 1. The Kier molecular flexibility index (Phi) is 8.39. The maximum absolute atomic E-state index is 11.2. The van der Waals surface area contributed by atoms with E-state index in [2.05, 4.69) is 26.2 Å². The second-order valence-electron chi connectivity index (χ2n) is 7.28. The van der Waals surface area contributed by atoms with Crippen molar-refractivity contribution in [2.75, 3.05) is 47.4 Å². The third-order valence-electron chi connectivity index (χ3n) is 4.73. The quantitative estimate of drug-likeness (QED) is 0.528. The lowest BCUT2D eigenvalue weighted by Crippen LogP contribution is -2.46. The molecule has 0 bridgehead atoms. The van der Waals surface area contributed by atoms with Gasteiger partial charge in [0.2, 0.25) is 5.91 Å². The van der Waals surface area contributed by atoms with Gasteiger partial charge in [0.1, 0.15) is 12.4 Å². The minimum Gasteiger partial charge on any atom is -0.492 e. The van der Waals surface area contributed by atoms with Crippen LogP contribution in [0.15, 0.2) is 29.3 Å². The third-order valence-corrected chi connectivity index (χ3v) is 4.73. The normalized spacial score (nSPS) is 17.9. The lowest BCUT2D eigenvalue weighted by Gasteiger charge is -2.34. The monoisotopic (exact) mass is 375 g/mol. The number of benzene rings is 1. The topological polar surface area (TPSA) is 83.2 Å². The van der Waals surface area contributed by atoms with E-state index in [0.717, 1.165) is 49.7 Å². The van der Waals surface area contributed by atoms with Crippen LogP contribution in [0.2, 0.25) is 0 Å². The molecule has 1 saturated heterocycles. The van der Waals surface area contributed by atoms with Crippen molar-refractivity contribution in [2.45, 2.75) is 25.8 Å². The average Bonchev–Trinajstić information content (AvgIpc) is 2.63. The van der Waals surface area contributed by atoms with Crippen molar-refractivity contribution in [1.82, 2.24) is 15.1 Å². The summed E-state index contributed by atoms with van der Waals surface area (Å²) in [5, 5.41) is 3.44. The number of amides is 1. The molecule has 1 unspecified atom stereocenters. The van der Waals surface area contributed by atoms with Gasteiger partial charge in [0.05, 0.1) is 0 Å². The molecule has 3 N–H and O–H groups in total. The Hall–Kier alpha value is -2.28. The zero-order valence-corrected chi connectivity index (χ0v) is 16.8. The lowest BCUT2D eigenvalue weighted by atomic mass is 9.95. The predicted molar refractivity (Wildman–Crippen MR) is 109 cm³/mol. The molecule has 0 radical (unpaired) electrons. The predicted octanol–water partition coefficient (Wildman–Crippen LogP) is 1.29. The summed E-state index contributed by atoms with van der Waals surface area (Å²) in [7, 11) is 5.86. The number of piperidine rings is 1. The Balaban J connectivity index is 1.93. The van der Waals surface area contributed by atoms with Crippen LogP contribution in [0.25, 0.3) is 0 Å². The average molecular weight is 376 g/mol. The van der Waals surface area contributed by atoms with Crippen molar-refractivity contribution >= 4 is 11.9 Å². The summed E-state index contributed by atoms with van der Waals surface area (Å²) in [4.78, 5) is 20.0. The lowest BCUT2D eigenvalue weighted by molar-refractivity contribution is -0.119. The van der Waals surface area contributed by atoms with Crippen molar-refractivity contribution in [3.63, 3.8) is 0 Å². The molecule has 1 aromatic carbocycles. The van der Waals surface area contributed by atoms with Gasteiger partial charge in [-0.25, -0.2) is 0 Å². The fraction of sp³-hybridized carbons (Fsp3) is 0.600. The number of primary amides is 1. The molecule has 0 aromatic heterocycles. The van der Waals surface area contributed by atoms with E-state index in [1.54, 1.807) is 7.05 Å². The zero-order valence-electron chi connectivity index (χ0n) is 16.8. The van der Waals surface area contributed by atoms with Crippen molar-refractivity contribution in [3.8, 4) is 5.75 Å². The summed E-state index contributed by atoms with van der Waals surface area (Å²) in [6, 6.07) is 8.07. The highest BCUT2D eigenvalue weighted by molar-refractivity contribution is 5.80. The number of likely N-dealkylation sites (N-methyl/N-ethyl adjacent to an activating group) is 1. The SMILES string of the molecule is CN=C(NCc1ccccc1OCCN(C)C)N1CCCC(CC(N)=O)C1. The molecule has 0 spiro atoms. The van der Waals surface area contributed by atoms with Crippen molar-refractivity contribution in [2.24, 2.45) is 16.6 Å². The molecule has 7 heteroatoms. The Labute approximate surface area is 162 Å². The fourth-order valence-electron chi connectivity index (χ4n) is 3.34. The number of rotatable bonds is 8. The van der Waals surface area contributed by atoms with Crippen LogP contribution in [-0.2, 0) is 11.3 Å². The van der Waals surface area contributed by atoms with Crippen LogP contribution < -0.4 is 15.8 Å². The summed E-state index contributed by atoms with van der Waals surface area (Å²) >= 11 is 0. The van der Waals surface area contributed by atoms with E-state index >= 15 is 0 Å². The number of guanidine groups is 1. The fourth-order valence-corrected chi connectivity index (χ4v) is 3.34. The Morgan fingerprint density at radius 2 is 2.19 bits per heavy atom. The number of para-hydroxylation sites is 1. The Bertz CT molecular complexity index is 633. The standard InChI is InChI=1S/C20H33N5O2/c1-22-20(25-10-6-7-16(15-25)13-19(21)26)23-14-17-8-4-5-9-18(17)27-12-11-24(2)3/h4-5,8-9,16H,6-7,10-15H2,1-3H3,(H2,21,26)(H,22,23). The highest BCUT2D eigenvalue weighted by Gasteiger charge is 2.23. The molecule has 1 aromatic rings. The van der Waals surface area contributed by atoms with E-state index < -0.39 is 0 Å². The summed E-state index contributed by atoms with van der Waals surface area (Å²) in [5.74, 6) is 1.82. The number of carbonyl (C=O) groups excluding carboxylic acids is 1. The van der Waals surface area contributed by atoms with E-state index in [1.165, 1.54) is 0 Å². The molecular formula is C20H33N5O2. The summed E-state index contributed by atoms with van der Waals surface area (Å²) < 4.78 is 5.93. The highest BCUT2D eigenvalue weighted by Crippen LogP contribution is 2.20. The number of likely N-dealkylation sites (tertiary alicyclic amines) is 1. The summed E-state index contributed by atoms with van der Waals surface area (Å²) in [6.45, 7) is 3.92. The van der Waals surface area contributed by atoms with E-state index in [1.807, 2.05) is 32.3 Å². The van der Waals surface area contributed by atoms with Gasteiger partial charge in [0, 0.05) is 45.2 Å². The molecule has 1 heterocycles. The van der Waals surface area contributed by atoms with Crippen molar-refractivity contribution < 1.29 is 9.53 Å². The van der Waals surface area contributed by atoms with Crippen LogP contribution in [0.3, 0.4) is 0 Å². The maximum Gasteiger partial charge on any atom is 0.217 e. The highest BCUT2D eigenvalue weighted by atomic mass is 16.5. The van der Waals surface area contributed by atoms with Crippen LogP contribution >= 0.6 is 0 Å². The number of nitrogens with zero attached hydrogens (tertiary/aromatic N) is 3. The summed E-state index contributed by atoms with van der Waals surface area (Å²) in [6.07, 6.45) is 2.53. The minimum atomic E-state index is -0.228. The molecular weight excluding hydrogens is 342 g/mol. The van der Waals surface area contributed by atoms with Crippen molar-refractivity contribution in [3.05, 3.63) is 29.8 Å². The minimum absolute atomic E-state index is 0.228. The van der Waals surface area contributed by atoms with E-state index in [9.17, 15) is 4.79 Å². The van der Waals surface area contributed by atoms with Crippen molar-refractivity contribution in [1.29, 1.82) is 0 Å². The second-order valence-corrected chi connectivity index (χ2v) is 7.28. The van der Waals surface area contributed by atoms with Crippen LogP contribution in [0.4, 0.5) is 0 Å². The smallest absolute Gasteiger partial charge is 0.217 e. The summed E-state index contributed by atoms with van der Waals surface area (Å²) in [5.41, 5.74) is 6.47. The Morgan fingerprint density at radius 1 is 1.41 bits per heavy atom. The molecule has 1 amide bonds. The van der Waals surface area contributed by atoms with Crippen LogP contribution in [0.5, 0.6) is 5.75 Å². The first-order valence-electron chi connectivity index (χ1n) is 9.59. The number of carbonyl (C=O) groups is 1. The van der Waals surface area contributed by atoms with Gasteiger partial charge in [0.15, 0.2) is 5.96 Å². The number of hydrogen-bond donors (Lipinski definition) is 2. The van der Waals surface area contributed by atoms with E-state index in [4.69, 9.17) is 10.5 Å². The molecule has 7 nitrogen and oxygen atoms in total. The molecule has 1 aliphatic rings. The molecule has 0 aliphatic carbocycles. The van der Waals surface area contributed by atoms with Gasteiger partial charge < -0.3 is 25.6 Å². The second kappa shape index (κ2) is 10.8. The molecule has 1 aliphatic heterocycles. The van der Waals surface area contributed by atoms with Gasteiger partial charge >= 0.3 is 0 Å². The molecule has 1 fully saturated rings. The van der Waals surface area contributed by atoms with Gasteiger partial charge in [-0.05, 0) is 38.9 Å². The first kappa shape index (κ1) is 21.0. The molecule has 1 atom stereocenters. The van der Waals surface area contributed by atoms with Crippen LogP contribution in [-0.4, -0.2) is 69.1 Å². The number of hydrogen-bond acceptors (Lipinski definition) is 4. The first-order valence-corrected chi connectivity index (χ1v) is 9.59. The largest absolute Gasteiger partial charge is 0.492 e. The van der Waals surface area contributed by atoms with E-state index in [0.29, 0.717) is 25.5 Å². The van der Waals surface area contributed by atoms with Gasteiger partial charge in [-0.15, -0.1) is 0 Å². The van der Waals surface area contributed by atoms with E-state index in [-0.39, 0.29) is 5.91 Å². The maximum atomic E-state index is 11.2. The van der Waals surface area contributed by atoms with Crippen LogP contribution in [0.1, 0.15) is 24.8 Å². The molecule has 27 heavy (non-hydrogen) atoms. The van der Waals surface area contributed by atoms with Gasteiger partial charge in [-0.2, -0.15) is 0 Å². The molecule has 150 valence electrons.